The van der Waals surface area contributed by atoms with Crippen LogP contribution in [0.4, 0.5) is 0 Å². The van der Waals surface area contributed by atoms with Crippen LogP contribution in [0, 0.1) is 0 Å². The first-order chi connectivity index (χ1) is 9.24. The molecule has 0 fully saturated rings. The standard InChI is InChI=1S/C15H21N3O/c1-3-14(11-19)17-12(2)13-9-16-18(10-13)15-7-5-4-6-8-15/h4-10,12,14,17,19H,3,11H2,1-2H3. The molecule has 0 aliphatic heterocycles. The maximum atomic E-state index is 9.22. The summed E-state index contributed by atoms with van der Waals surface area (Å²) in [6.07, 6.45) is 4.81. The summed E-state index contributed by atoms with van der Waals surface area (Å²) in [6, 6.07) is 10.3. The van der Waals surface area contributed by atoms with Gasteiger partial charge in [-0.15, -0.1) is 0 Å². The normalized spacial score (nSPS) is 14.3. The number of hydrogen-bond donors (Lipinski definition) is 2. The lowest BCUT2D eigenvalue weighted by atomic mass is 10.1. The van der Waals surface area contributed by atoms with Gasteiger partial charge in [-0.05, 0) is 25.5 Å². The van der Waals surface area contributed by atoms with Crippen molar-refractivity contribution in [1.82, 2.24) is 15.1 Å². The van der Waals surface area contributed by atoms with Crippen LogP contribution >= 0.6 is 0 Å². The molecule has 2 unspecified atom stereocenters. The highest BCUT2D eigenvalue weighted by atomic mass is 16.3. The Morgan fingerprint density at radius 1 is 1.32 bits per heavy atom. The number of hydrogen-bond acceptors (Lipinski definition) is 3. The largest absolute Gasteiger partial charge is 0.395 e. The van der Waals surface area contributed by atoms with Crippen molar-refractivity contribution in [3.8, 4) is 5.69 Å². The zero-order chi connectivity index (χ0) is 13.7. The second-order valence-electron chi connectivity index (χ2n) is 4.73. The summed E-state index contributed by atoms with van der Waals surface area (Å²) in [5.74, 6) is 0. The predicted molar refractivity (Wildman–Crippen MR) is 76.3 cm³/mol. The second kappa shape index (κ2) is 6.50. The van der Waals surface area contributed by atoms with Crippen molar-refractivity contribution in [1.29, 1.82) is 0 Å². The van der Waals surface area contributed by atoms with E-state index in [1.807, 2.05) is 47.4 Å². The summed E-state index contributed by atoms with van der Waals surface area (Å²) in [6.45, 7) is 4.31. The van der Waals surface area contributed by atoms with Crippen LogP contribution in [0.15, 0.2) is 42.7 Å². The minimum absolute atomic E-state index is 0.134. The van der Waals surface area contributed by atoms with Crippen LogP contribution in [0.25, 0.3) is 5.69 Å². The SMILES string of the molecule is CCC(CO)NC(C)c1cnn(-c2ccccc2)c1. The van der Waals surface area contributed by atoms with Gasteiger partial charge in [0.25, 0.3) is 0 Å². The predicted octanol–water partition coefficient (Wildman–Crippen LogP) is 2.29. The molecule has 0 saturated carbocycles. The molecular weight excluding hydrogens is 238 g/mol. The van der Waals surface area contributed by atoms with Crippen molar-refractivity contribution in [3.05, 3.63) is 48.3 Å². The fourth-order valence-corrected chi connectivity index (χ4v) is 2.03. The number of nitrogens with one attached hydrogen (secondary N) is 1. The van der Waals surface area contributed by atoms with Crippen molar-refractivity contribution in [2.45, 2.75) is 32.4 Å². The van der Waals surface area contributed by atoms with E-state index in [9.17, 15) is 5.11 Å². The van der Waals surface area contributed by atoms with Crippen molar-refractivity contribution in [2.75, 3.05) is 6.61 Å². The quantitative estimate of drug-likeness (QED) is 0.837. The van der Waals surface area contributed by atoms with Crippen LogP contribution < -0.4 is 5.32 Å². The lowest BCUT2D eigenvalue weighted by Gasteiger charge is -2.19. The van der Waals surface area contributed by atoms with Crippen LogP contribution in [0.3, 0.4) is 0 Å². The van der Waals surface area contributed by atoms with Gasteiger partial charge in [0.2, 0.25) is 0 Å². The molecule has 0 bridgehead atoms. The molecule has 2 aromatic rings. The van der Waals surface area contributed by atoms with Gasteiger partial charge in [0.1, 0.15) is 0 Å². The van der Waals surface area contributed by atoms with E-state index in [0.29, 0.717) is 0 Å². The molecule has 0 saturated heterocycles. The van der Waals surface area contributed by atoms with E-state index in [2.05, 4.69) is 24.3 Å². The number of para-hydroxylation sites is 1. The van der Waals surface area contributed by atoms with E-state index >= 15 is 0 Å². The molecule has 4 nitrogen and oxygen atoms in total. The van der Waals surface area contributed by atoms with Gasteiger partial charge in [-0.2, -0.15) is 5.10 Å². The smallest absolute Gasteiger partial charge is 0.0645 e. The van der Waals surface area contributed by atoms with Crippen LogP contribution in [-0.2, 0) is 0 Å². The molecule has 1 aromatic heterocycles. The second-order valence-corrected chi connectivity index (χ2v) is 4.73. The summed E-state index contributed by atoms with van der Waals surface area (Å²) in [5, 5.41) is 17.0. The monoisotopic (exact) mass is 259 g/mol. The first kappa shape index (κ1) is 13.8. The number of aliphatic hydroxyl groups excluding tert-OH is 1. The molecule has 0 spiro atoms. The Hall–Kier alpha value is -1.65. The minimum atomic E-state index is 0.134. The molecule has 2 atom stereocenters. The third-order valence-electron chi connectivity index (χ3n) is 3.32. The van der Waals surface area contributed by atoms with Gasteiger partial charge in [0, 0.05) is 23.8 Å². The molecule has 2 rings (SSSR count). The van der Waals surface area contributed by atoms with Gasteiger partial charge >= 0.3 is 0 Å². The molecule has 0 amide bonds. The maximum Gasteiger partial charge on any atom is 0.0645 e. The molecule has 0 radical (unpaired) electrons. The first-order valence-electron chi connectivity index (χ1n) is 6.71. The van der Waals surface area contributed by atoms with Gasteiger partial charge in [0.05, 0.1) is 18.5 Å². The Labute approximate surface area is 114 Å². The van der Waals surface area contributed by atoms with E-state index in [-0.39, 0.29) is 18.7 Å². The van der Waals surface area contributed by atoms with Crippen LogP contribution in [-0.4, -0.2) is 27.5 Å². The number of nitrogens with zero attached hydrogens (tertiary/aromatic N) is 2. The van der Waals surface area contributed by atoms with Gasteiger partial charge < -0.3 is 10.4 Å². The minimum Gasteiger partial charge on any atom is -0.395 e. The van der Waals surface area contributed by atoms with Crippen molar-refractivity contribution in [3.63, 3.8) is 0 Å². The molecular formula is C15H21N3O. The number of rotatable bonds is 6. The fourth-order valence-electron chi connectivity index (χ4n) is 2.03. The lowest BCUT2D eigenvalue weighted by molar-refractivity contribution is 0.230. The number of benzene rings is 1. The molecule has 0 aliphatic rings. The lowest BCUT2D eigenvalue weighted by Crippen LogP contribution is -2.33. The van der Waals surface area contributed by atoms with Gasteiger partial charge in [-0.25, -0.2) is 4.68 Å². The highest BCUT2D eigenvalue weighted by molar-refractivity contribution is 5.31. The molecule has 1 aromatic carbocycles. The average molecular weight is 259 g/mol. The van der Waals surface area contributed by atoms with E-state index in [1.165, 1.54) is 0 Å². The Morgan fingerprint density at radius 2 is 2.05 bits per heavy atom. The summed E-state index contributed by atoms with van der Waals surface area (Å²) in [5.41, 5.74) is 2.17. The average Bonchev–Trinajstić information content (AvgIpc) is 2.95. The molecule has 1 heterocycles. The molecule has 4 heteroatoms. The summed E-state index contributed by atoms with van der Waals surface area (Å²) >= 11 is 0. The maximum absolute atomic E-state index is 9.22. The topological polar surface area (TPSA) is 50.1 Å². The fraction of sp³-hybridized carbons (Fsp3) is 0.400. The highest BCUT2D eigenvalue weighted by Crippen LogP contribution is 2.15. The molecule has 19 heavy (non-hydrogen) atoms. The van der Waals surface area contributed by atoms with Crippen LogP contribution in [0.1, 0.15) is 31.9 Å². The zero-order valence-corrected chi connectivity index (χ0v) is 11.5. The van der Waals surface area contributed by atoms with Gasteiger partial charge in [-0.3, -0.25) is 0 Å². The summed E-state index contributed by atoms with van der Waals surface area (Å²) in [4.78, 5) is 0. The van der Waals surface area contributed by atoms with Crippen LogP contribution in [0.2, 0.25) is 0 Å². The number of aromatic nitrogens is 2. The van der Waals surface area contributed by atoms with Crippen molar-refractivity contribution >= 4 is 0 Å². The Balaban J connectivity index is 2.08. The molecule has 2 N–H and O–H groups in total. The number of aliphatic hydroxyl groups is 1. The van der Waals surface area contributed by atoms with Crippen LogP contribution in [0.5, 0.6) is 0 Å². The first-order valence-corrected chi connectivity index (χ1v) is 6.71. The highest BCUT2D eigenvalue weighted by Gasteiger charge is 2.12. The Kier molecular flexibility index (Phi) is 4.71. The molecule has 0 aliphatic carbocycles. The van der Waals surface area contributed by atoms with E-state index in [1.54, 1.807) is 0 Å². The van der Waals surface area contributed by atoms with Gasteiger partial charge in [-0.1, -0.05) is 25.1 Å². The van der Waals surface area contributed by atoms with Crippen molar-refractivity contribution in [2.24, 2.45) is 0 Å². The summed E-state index contributed by atoms with van der Waals surface area (Å²) in [7, 11) is 0. The summed E-state index contributed by atoms with van der Waals surface area (Å²) < 4.78 is 1.87. The zero-order valence-electron chi connectivity index (χ0n) is 11.5. The van der Waals surface area contributed by atoms with E-state index in [0.717, 1.165) is 17.7 Å². The van der Waals surface area contributed by atoms with Gasteiger partial charge in [0.15, 0.2) is 0 Å². The Bertz CT molecular complexity index is 491. The third kappa shape index (κ3) is 3.43. The van der Waals surface area contributed by atoms with Crippen molar-refractivity contribution < 1.29 is 5.11 Å². The third-order valence-corrected chi connectivity index (χ3v) is 3.32. The Morgan fingerprint density at radius 3 is 2.68 bits per heavy atom. The van der Waals surface area contributed by atoms with E-state index < -0.39 is 0 Å². The van der Waals surface area contributed by atoms with E-state index in [4.69, 9.17) is 0 Å². The molecule has 102 valence electrons.